The van der Waals surface area contributed by atoms with Crippen molar-refractivity contribution in [1.82, 2.24) is 25.2 Å². The van der Waals surface area contributed by atoms with Crippen LogP contribution in [0.15, 0.2) is 77.6 Å². The van der Waals surface area contributed by atoms with Gasteiger partial charge in [-0.2, -0.15) is 13.2 Å². The Balaban J connectivity index is 1.29. The number of para-hydroxylation sites is 1. The molecule has 5 aromatic rings. The molecule has 2 aromatic carbocycles. The lowest BCUT2D eigenvalue weighted by Gasteiger charge is -2.40. The van der Waals surface area contributed by atoms with E-state index in [1.54, 1.807) is 30.3 Å². The number of phenols is 1. The summed E-state index contributed by atoms with van der Waals surface area (Å²) in [6, 6.07) is 14.3. The predicted molar refractivity (Wildman–Crippen MR) is 156 cm³/mol. The molecule has 13 nitrogen and oxygen atoms in total. The Hall–Kier alpha value is -5.48. The van der Waals surface area contributed by atoms with Crippen molar-refractivity contribution in [2.24, 2.45) is 0 Å². The number of aromatic hydroxyl groups is 1. The first-order chi connectivity index (χ1) is 21.9. The van der Waals surface area contributed by atoms with Crippen LogP contribution in [0.1, 0.15) is 21.6 Å². The van der Waals surface area contributed by atoms with Crippen molar-refractivity contribution in [2.75, 3.05) is 30.3 Å². The number of amides is 2. The number of pyridine rings is 1. The normalized spacial score (nSPS) is 16.8. The van der Waals surface area contributed by atoms with Crippen molar-refractivity contribution in [3.05, 3.63) is 89.9 Å². The van der Waals surface area contributed by atoms with Crippen LogP contribution in [0.5, 0.6) is 5.75 Å². The summed E-state index contributed by atoms with van der Waals surface area (Å²) in [5.74, 6) is -1.41. The Kier molecular flexibility index (Phi) is 7.83. The number of nitrogen functional groups attached to an aromatic ring is 1. The van der Waals surface area contributed by atoms with Crippen molar-refractivity contribution >= 4 is 34.4 Å². The standard InChI is InChI=1S/C30H26F3N7O6/c31-30(32,33)23-14-18(7-9-35-23)40-10-8-24(37-40)39-11-12-45-25(28(39)43)29(44,16-36-27(42)19-3-1-2-4-21(19)41)15-17-5-6-20-22(13-17)46-38-26(20)34/h1-10,13-14,25,41,44H,11-12,15-16H2,(H2,34,38)(H,36,42)/t25-,29?/m0/s1. The third-order valence-corrected chi connectivity index (χ3v) is 7.51. The van der Waals surface area contributed by atoms with Gasteiger partial charge in [0.2, 0.25) is 0 Å². The molecule has 0 spiro atoms. The van der Waals surface area contributed by atoms with Gasteiger partial charge in [0, 0.05) is 24.9 Å². The summed E-state index contributed by atoms with van der Waals surface area (Å²) in [6.45, 7) is -0.489. The average Bonchev–Trinajstić information content (AvgIpc) is 3.67. The number of nitrogens with two attached hydrogens (primary N) is 1. The number of phenolic OH excluding ortho intramolecular Hbond substituents is 1. The second kappa shape index (κ2) is 11.8. The van der Waals surface area contributed by atoms with Gasteiger partial charge in [0.05, 0.1) is 36.3 Å². The number of nitrogens with zero attached hydrogens (tertiary/aromatic N) is 5. The summed E-state index contributed by atoms with van der Waals surface area (Å²) in [6.07, 6.45) is -4.00. The van der Waals surface area contributed by atoms with E-state index in [9.17, 15) is 33.0 Å². The first-order valence-electron chi connectivity index (χ1n) is 13.9. The lowest BCUT2D eigenvalue weighted by atomic mass is 9.86. The highest BCUT2D eigenvalue weighted by Gasteiger charge is 2.47. The molecule has 1 saturated heterocycles. The highest BCUT2D eigenvalue weighted by molar-refractivity contribution is 5.98. The van der Waals surface area contributed by atoms with Crippen LogP contribution >= 0.6 is 0 Å². The fourth-order valence-corrected chi connectivity index (χ4v) is 5.22. The zero-order chi connectivity index (χ0) is 32.6. The summed E-state index contributed by atoms with van der Waals surface area (Å²) >= 11 is 0. The topological polar surface area (TPSA) is 182 Å². The summed E-state index contributed by atoms with van der Waals surface area (Å²) in [5.41, 5.74) is 3.52. The van der Waals surface area contributed by atoms with E-state index in [1.165, 1.54) is 40.0 Å². The number of carbonyl (C=O) groups excluding carboxylic acids is 2. The van der Waals surface area contributed by atoms with E-state index in [0.29, 0.717) is 16.5 Å². The number of morpholine rings is 1. The van der Waals surface area contributed by atoms with E-state index in [0.717, 1.165) is 12.3 Å². The van der Waals surface area contributed by atoms with Crippen molar-refractivity contribution in [3.63, 3.8) is 0 Å². The second-order valence-electron chi connectivity index (χ2n) is 10.6. The predicted octanol–water partition coefficient (Wildman–Crippen LogP) is 2.85. The maximum atomic E-state index is 13.9. The zero-order valence-electron chi connectivity index (χ0n) is 23.8. The van der Waals surface area contributed by atoms with E-state index in [4.69, 9.17) is 15.0 Å². The number of fused-ring (bicyclic) bond motifs is 1. The van der Waals surface area contributed by atoms with Crippen LogP contribution in [0, 0.1) is 0 Å². The van der Waals surface area contributed by atoms with E-state index in [-0.39, 0.29) is 48.2 Å². The van der Waals surface area contributed by atoms with Crippen LogP contribution < -0.4 is 16.0 Å². The summed E-state index contributed by atoms with van der Waals surface area (Å²) in [5, 5.41) is 33.4. The minimum Gasteiger partial charge on any atom is -0.507 e. The van der Waals surface area contributed by atoms with Gasteiger partial charge in [0.15, 0.2) is 23.3 Å². The molecule has 1 unspecified atom stereocenters. The smallest absolute Gasteiger partial charge is 0.433 e. The first-order valence-corrected chi connectivity index (χ1v) is 13.9. The van der Waals surface area contributed by atoms with Crippen molar-refractivity contribution < 1.29 is 42.2 Å². The van der Waals surface area contributed by atoms with E-state index < -0.39 is 41.9 Å². The van der Waals surface area contributed by atoms with E-state index in [2.05, 4.69) is 20.6 Å². The monoisotopic (exact) mass is 637 g/mol. The van der Waals surface area contributed by atoms with Gasteiger partial charge in [0.25, 0.3) is 11.8 Å². The summed E-state index contributed by atoms with van der Waals surface area (Å²) in [7, 11) is 0. The number of hydrogen-bond acceptors (Lipinski definition) is 10. The van der Waals surface area contributed by atoms with Crippen LogP contribution in [0.3, 0.4) is 0 Å². The maximum Gasteiger partial charge on any atom is 0.433 e. The third-order valence-electron chi connectivity index (χ3n) is 7.51. The lowest BCUT2D eigenvalue weighted by Crippen LogP contribution is -2.63. The van der Waals surface area contributed by atoms with Crippen LogP contribution in [0.2, 0.25) is 0 Å². The number of rotatable bonds is 8. The van der Waals surface area contributed by atoms with Gasteiger partial charge >= 0.3 is 6.18 Å². The second-order valence-corrected chi connectivity index (χ2v) is 10.6. The Morgan fingerprint density at radius 1 is 1.13 bits per heavy atom. The Labute approximate surface area is 258 Å². The van der Waals surface area contributed by atoms with Gasteiger partial charge in [-0.05, 0) is 42.0 Å². The highest BCUT2D eigenvalue weighted by Crippen LogP contribution is 2.31. The molecule has 2 atom stereocenters. The number of carbonyl (C=O) groups is 2. The van der Waals surface area contributed by atoms with Gasteiger partial charge in [-0.1, -0.05) is 23.4 Å². The fourth-order valence-electron chi connectivity index (χ4n) is 5.22. The molecule has 46 heavy (non-hydrogen) atoms. The molecule has 1 aliphatic heterocycles. The molecule has 4 heterocycles. The Morgan fingerprint density at radius 3 is 2.72 bits per heavy atom. The maximum absolute atomic E-state index is 13.9. The number of benzene rings is 2. The van der Waals surface area contributed by atoms with Crippen LogP contribution in [-0.4, -0.2) is 73.3 Å². The van der Waals surface area contributed by atoms with Gasteiger partial charge in [-0.25, -0.2) is 4.68 Å². The minimum atomic E-state index is -4.66. The fraction of sp³-hybridized carbons (Fsp3) is 0.233. The van der Waals surface area contributed by atoms with Crippen molar-refractivity contribution in [3.8, 4) is 11.4 Å². The number of aromatic nitrogens is 4. The first kappa shape index (κ1) is 30.5. The largest absolute Gasteiger partial charge is 0.507 e. The average molecular weight is 638 g/mol. The molecule has 0 saturated carbocycles. The number of aliphatic hydroxyl groups is 1. The number of halogens is 3. The molecule has 0 aliphatic carbocycles. The molecule has 0 bridgehead atoms. The van der Waals surface area contributed by atoms with Crippen LogP contribution in [0.25, 0.3) is 16.7 Å². The lowest BCUT2D eigenvalue weighted by molar-refractivity contribution is -0.157. The third kappa shape index (κ3) is 5.94. The highest BCUT2D eigenvalue weighted by atomic mass is 19.4. The summed E-state index contributed by atoms with van der Waals surface area (Å²) in [4.78, 5) is 31.5. The van der Waals surface area contributed by atoms with Crippen LogP contribution in [-0.2, 0) is 22.1 Å². The SMILES string of the molecule is Nc1noc2cc(CC(O)(CNC(=O)c3ccccc3O)[C@H]3OCCN(c4ccn(-c5ccnc(C(F)(F)F)c5)n4)C3=O)ccc12. The van der Waals surface area contributed by atoms with Gasteiger partial charge < -0.3 is 30.5 Å². The molecule has 6 rings (SSSR count). The minimum absolute atomic E-state index is 0.0279. The van der Waals surface area contributed by atoms with E-state index >= 15 is 0 Å². The number of alkyl halides is 3. The Morgan fingerprint density at radius 2 is 1.93 bits per heavy atom. The molecular weight excluding hydrogens is 611 g/mol. The number of ether oxygens (including phenoxy) is 1. The van der Waals surface area contributed by atoms with Gasteiger partial charge in [-0.15, -0.1) is 5.10 Å². The molecule has 1 fully saturated rings. The number of anilines is 2. The molecule has 0 radical (unpaired) electrons. The number of hydrogen-bond donors (Lipinski definition) is 4. The quantitative estimate of drug-likeness (QED) is 0.198. The Bertz CT molecular complexity index is 1930. The molecule has 2 amide bonds. The molecule has 3 aromatic heterocycles. The summed E-state index contributed by atoms with van der Waals surface area (Å²) < 4.78 is 51.9. The molecular formula is C30H26F3N7O6. The van der Waals surface area contributed by atoms with Crippen LogP contribution in [0.4, 0.5) is 24.8 Å². The molecule has 1 aliphatic rings. The molecule has 238 valence electrons. The van der Waals surface area contributed by atoms with Crippen molar-refractivity contribution in [2.45, 2.75) is 24.3 Å². The molecule has 16 heteroatoms. The zero-order valence-corrected chi connectivity index (χ0v) is 23.8. The van der Waals surface area contributed by atoms with Crippen molar-refractivity contribution in [1.29, 1.82) is 0 Å². The number of nitrogens with one attached hydrogen (secondary N) is 1. The van der Waals surface area contributed by atoms with Gasteiger partial charge in [-0.3, -0.25) is 19.5 Å². The van der Waals surface area contributed by atoms with Gasteiger partial charge in [0.1, 0.15) is 17.0 Å². The van der Waals surface area contributed by atoms with E-state index in [1.807, 2.05) is 0 Å². The molecule has 5 N–H and O–H groups in total.